The van der Waals surface area contributed by atoms with Gasteiger partial charge in [-0.1, -0.05) is 18.2 Å². The highest BCUT2D eigenvalue weighted by molar-refractivity contribution is 14.0. The van der Waals surface area contributed by atoms with Crippen molar-refractivity contribution in [1.29, 1.82) is 0 Å². The van der Waals surface area contributed by atoms with Crippen molar-refractivity contribution in [2.45, 2.75) is 26.1 Å². The molecule has 1 aromatic heterocycles. The number of pyridine rings is 1. The standard InChI is InChI=1S/C19H22F4N4O.HI/c1-2-24-18(26-10-8-14-5-3-7-16(20)11-14)27-12-15-6-4-9-25-17(15)28-13-19(21,22)23;/h3-7,9,11H,2,8,10,12-13H2,1H3,(H2,24,26,27);1H. The van der Waals surface area contributed by atoms with Gasteiger partial charge in [-0.2, -0.15) is 13.2 Å². The maximum absolute atomic E-state index is 13.2. The number of hydrogen-bond acceptors (Lipinski definition) is 3. The van der Waals surface area contributed by atoms with Crippen LogP contribution < -0.4 is 15.4 Å². The average molecular weight is 526 g/mol. The molecule has 0 radical (unpaired) electrons. The van der Waals surface area contributed by atoms with Crippen LogP contribution >= 0.6 is 24.0 Å². The number of hydrogen-bond donors (Lipinski definition) is 2. The summed E-state index contributed by atoms with van der Waals surface area (Å²) in [5.74, 6) is 0.102. The molecule has 0 aliphatic heterocycles. The highest BCUT2D eigenvalue weighted by atomic mass is 127. The molecule has 0 saturated heterocycles. The van der Waals surface area contributed by atoms with Crippen molar-refractivity contribution in [3.63, 3.8) is 0 Å². The molecule has 5 nitrogen and oxygen atoms in total. The third-order valence-electron chi connectivity index (χ3n) is 3.57. The van der Waals surface area contributed by atoms with Gasteiger partial charge >= 0.3 is 6.18 Å². The zero-order valence-electron chi connectivity index (χ0n) is 15.8. The lowest BCUT2D eigenvalue weighted by molar-refractivity contribution is -0.154. The van der Waals surface area contributed by atoms with Gasteiger partial charge in [0.25, 0.3) is 0 Å². The molecular formula is C19H23F4IN4O. The Bertz CT molecular complexity index is 787. The Morgan fingerprint density at radius 2 is 1.97 bits per heavy atom. The van der Waals surface area contributed by atoms with Gasteiger partial charge in [0.1, 0.15) is 5.82 Å². The SMILES string of the molecule is CCNC(=NCc1cccnc1OCC(F)(F)F)NCCc1cccc(F)c1.I. The van der Waals surface area contributed by atoms with Crippen LogP contribution in [-0.4, -0.2) is 36.8 Å². The minimum Gasteiger partial charge on any atom is -0.468 e. The number of aliphatic imine (C=N–C) groups is 1. The van der Waals surface area contributed by atoms with E-state index >= 15 is 0 Å². The fourth-order valence-electron chi connectivity index (χ4n) is 2.35. The molecule has 0 bridgehead atoms. The number of alkyl halides is 3. The van der Waals surface area contributed by atoms with E-state index in [1.807, 2.05) is 13.0 Å². The first kappa shape index (κ1) is 24.9. The lowest BCUT2D eigenvalue weighted by Gasteiger charge is -2.13. The van der Waals surface area contributed by atoms with Crippen LogP contribution in [0.25, 0.3) is 0 Å². The van der Waals surface area contributed by atoms with E-state index in [9.17, 15) is 17.6 Å². The van der Waals surface area contributed by atoms with Crippen molar-refractivity contribution in [2.75, 3.05) is 19.7 Å². The summed E-state index contributed by atoms with van der Waals surface area (Å²) < 4.78 is 55.1. The molecule has 160 valence electrons. The van der Waals surface area contributed by atoms with Gasteiger partial charge in [0.2, 0.25) is 5.88 Å². The summed E-state index contributed by atoms with van der Waals surface area (Å²) in [5.41, 5.74) is 1.28. The molecule has 0 fully saturated rings. The lowest BCUT2D eigenvalue weighted by Crippen LogP contribution is -2.38. The Labute approximate surface area is 184 Å². The number of nitrogens with zero attached hydrogens (tertiary/aromatic N) is 2. The molecule has 0 unspecified atom stereocenters. The summed E-state index contributed by atoms with van der Waals surface area (Å²) in [5, 5.41) is 6.16. The van der Waals surface area contributed by atoms with Crippen LogP contribution in [0.3, 0.4) is 0 Å². The molecule has 0 aliphatic carbocycles. The van der Waals surface area contributed by atoms with E-state index < -0.39 is 12.8 Å². The van der Waals surface area contributed by atoms with Gasteiger partial charge in [-0.3, -0.25) is 0 Å². The molecule has 10 heteroatoms. The number of benzene rings is 1. The summed E-state index contributed by atoms with van der Waals surface area (Å²) in [7, 11) is 0. The fourth-order valence-corrected chi connectivity index (χ4v) is 2.35. The van der Waals surface area contributed by atoms with Gasteiger partial charge in [-0.25, -0.2) is 14.4 Å². The van der Waals surface area contributed by atoms with Crippen molar-refractivity contribution in [3.8, 4) is 5.88 Å². The van der Waals surface area contributed by atoms with Gasteiger partial charge in [-0.05, 0) is 37.1 Å². The molecule has 0 spiro atoms. The largest absolute Gasteiger partial charge is 0.468 e. The topological polar surface area (TPSA) is 58.5 Å². The fraction of sp³-hybridized carbons (Fsp3) is 0.368. The van der Waals surface area contributed by atoms with Crippen LogP contribution in [0.5, 0.6) is 5.88 Å². The van der Waals surface area contributed by atoms with Gasteiger partial charge in [-0.15, -0.1) is 24.0 Å². The molecule has 1 aromatic carbocycles. The van der Waals surface area contributed by atoms with E-state index in [0.717, 1.165) is 5.56 Å². The van der Waals surface area contributed by atoms with E-state index in [1.165, 1.54) is 18.3 Å². The van der Waals surface area contributed by atoms with Gasteiger partial charge in [0.15, 0.2) is 12.6 Å². The van der Waals surface area contributed by atoms with E-state index in [1.54, 1.807) is 18.2 Å². The minimum atomic E-state index is -4.44. The molecular weight excluding hydrogens is 503 g/mol. The maximum atomic E-state index is 13.2. The first-order valence-electron chi connectivity index (χ1n) is 8.77. The number of aromatic nitrogens is 1. The Hall–Kier alpha value is -2.11. The Morgan fingerprint density at radius 3 is 2.66 bits per heavy atom. The zero-order chi connectivity index (χ0) is 20.4. The quantitative estimate of drug-likeness (QED) is 0.236. The summed E-state index contributed by atoms with van der Waals surface area (Å²) in [6.07, 6.45) is -2.48. The summed E-state index contributed by atoms with van der Waals surface area (Å²) >= 11 is 0. The van der Waals surface area contributed by atoms with Crippen LogP contribution in [0.1, 0.15) is 18.1 Å². The van der Waals surface area contributed by atoms with Crippen LogP contribution in [0.4, 0.5) is 17.6 Å². The Morgan fingerprint density at radius 1 is 1.17 bits per heavy atom. The second kappa shape index (κ2) is 12.5. The average Bonchev–Trinajstić information content (AvgIpc) is 2.64. The van der Waals surface area contributed by atoms with Crippen LogP contribution in [0.15, 0.2) is 47.6 Å². The molecule has 29 heavy (non-hydrogen) atoms. The molecule has 0 saturated carbocycles. The molecule has 2 N–H and O–H groups in total. The second-order valence-electron chi connectivity index (χ2n) is 5.87. The van der Waals surface area contributed by atoms with Crippen molar-refractivity contribution in [2.24, 2.45) is 4.99 Å². The summed E-state index contributed by atoms with van der Waals surface area (Å²) in [6, 6.07) is 9.54. The predicted octanol–water partition coefficient (Wildman–Crippen LogP) is 4.08. The number of guanidine groups is 1. The Balaban J connectivity index is 0.00000420. The van der Waals surface area contributed by atoms with Crippen molar-refractivity contribution in [1.82, 2.24) is 15.6 Å². The smallest absolute Gasteiger partial charge is 0.422 e. The number of rotatable bonds is 8. The lowest BCUT2D eigenvalue weighted by atomic mass is 10.1. The summed E-state index contributed by atoms with van der Waals surface area (Å²) in [4.78, 5) is 8.20. The molecule has 1 heterocycles. The first-order chi connectivity index (χ1) is 13.4. The van der Waals surface area contributed by atoms with Crippen LogP contribution in [-0.2, 0) is 13.0 Å². The monoisotopic (exact) mass is 526 g/mol. The Kier molecular flexibility index (Phi) is 10.7. The van der Waals surface area contributed by atoms with E-state index in [4.69, 9.17) is 4.74 Å². The zero-order valence-corrected chi connectivity index (χ0v) is 18.1. The van der Waals surface area contributed by atoms with Crippen LogP contribution in [0, 0.1) is 5.82 Å². The van der Waals surface area contributed by atoms with Gasteiger partial charge < -0.3 is 15.4 Å². The number of ether oxygens (including phenoxy) is 1. The second-order valence-corrected chi connectivity index (χ2v) is 5.87. The number of halogens is 5. The highest BCUT2D eigenvalue weighted by Crippen LogP contribution is 2.20. The molecule has 2 aromatic rings. The predicted molar refractivity (Wildman–Crippen MR) is 114 cm³/mol. The molecule has 0 amide bonds. The maximum Gasteiger partial charge on any atom is 0.422 e. The molecule has 0 atom stereocenters. The van der Waals surface area contributed by atoms with Crippen molar-refractivity contribution in [3.05, 3.63) is 59.5 Å². The first-order valence-corrected chi connectivity index (χ1v) is 8.77. The molecule has 2 rings (SSSR count). The third kappa shape index (κ3) is 9.77. The van der Waals surface area contributed by atoms with Crippen LogP contribution in [0.2, 0.25) is 0 Å². The number of nitrogens with one attached hydrogen (secondary N) is 2. The molecule has 0 aliphatic rings. The third-order valence-corrected chi connectivity index (χ3v) is 3.57. The normalized spacial score (nSPS) is 11.6. The highest BCUT2D eigenvalue weighted by Gasteiger charge is 2.29. The van der Waals surface area contributed by atoms with Crippen molar-refractivity contribution < 1.29 is 22.3 Å². The minimum absolute atomic E-state index is 0. The van der Waals surface area contributed by atoms with Crippen molar-refractivity contribution >= 4 is 29.9 Å². The van der Waals surface area contributed by atoms with E-state index in [-0.39, 0.29) is 42.2 Å². The van der Waals surface area contributed by atoms with Gasteiger partial charge in [0.05, 0.1) is 6.54 Å². The van der Waals surface area contributed by atoms with Gasteiger partial charge in [0, 0.05) is 24.8 Å². The summed E-state index contributed by atoms with van der Waals surface area (Å²) in [6.45, 7) is 1.70. The van der Waals surface area contributed by atoms with E-state index in [0.29, 0.717) is 31.0 Å². The van der Waals surface area contributed by atoms with E-state index in [2.05, 4.69) is 20.6 Å².